The van der Waals surface area contributed by atoms with Crippen molar-refractivity contribution in [1.82, 2.24) is 9.55 Å². The van der Waals surface area contributed by atoms with Gasteiger partial charge in [-0.2, -0.15) is 0 Å². The number of nitrogens with two attached hydrogens (primary N) is 1. The molecule has 0 aliphatic carbocycles. The lowest BCUT2D eigenvalue weighted by atomic mass is 10.1. The molecule has 0 fully saturated rings. The Bertz CT molecular complexity index is 1420. The quantitative estimate of drug-likeness (QED) is 0.328. The van der Waals surface area contributed by atoms with E-state index in [0.717, 1.165) is 23.3 Å². The largest absolute Gasteiger partial charge is 0.469 e. The Morgan fingerprint density at radius 3 is 2.52 bits per heavy atom. The molecule has 2 aromatic heterocycles. The van der Waals surface area contributed by atoms with E-state index in [4.69, 9.17) is 10.5 Å². The number of benzene rings is 2. The van der Waals surface area contributed by atoms with Gasteiger partial charge in [0.2, 0.25) is 9.84 Å². The molecule has 0 atom stereocenters. The van der Waals surface area contributed by atoms with Gasteiger partial charge >= 0.3 is 5.97 Å². The molecular weight excluding hydrogens is 445 g/mol. The van der Waals surface area contributed by atoms with Crippen LogP contribution in [0.25, 0.3) is 10.9 Å². The van der Waals surface area contributed by atoms with Crippen LogP contribution in [-0.2, 0) is 32.3 Å². The number of methoxy groups -OCH3 is 1. The van der Waals surface area contributed by atoms with Gasteiger partial charge in [0.05, 0.1) is 28.8 Å². The van der Waals surface area contributed by atoms with Crippen LogP contribution in [0.5, 0.6) is 0 Å². The van der Waals surface area contributed by atoms with Gasteiger partial charge in [-0.05, 0) is 54.1 Å². The Hall–Kier alpha value is -3.72. The zero-order valence-corrected chi connectivity index (χ0v) is 18.7. The molecule has 0 radical (unpaired) electrons. The van der Waals surface area contributed by atoms with Gasteiger partial charge in [0.1, 0.15) is 11.6 Å². The number of aromatic nitrogens is 2. The number of hydrogen-bond acceptors (Lipinski definition) is 6. The van der Waals surface area contributed by atoms with Gasteiger partial charge < -0.3 is 15.0 Å². The van der Waals surface area contributed by atoms with E-state index in [-0.39, 0.29) is 28.7 Å². The Morgan fingerprint density at radius 1 is 1.12 bits per heavy atom. The number of halogens is 1. The van der Waals surface area contributed by atoms with Gasteiger partial charge in [-0.15, -0.1) is 0 Å². The number of nitrogens with zero attached hydrogens (tertiary/aromatic N) is 2. The molecule has 33 heavy (non-hydrogen) atoms. The normalized spacial score (nSPS) is 11.6. The first-order valence-corrected chi connectivity index (χ1v) is 11.7. The highest BCUT2D eigenvalue weighted by Gasteiger charge is 2.22. The highest BCUT2D eigenvalue weighted by atomic mass is 32.2. The summed E-state index contributed by atoms with van der Waals surface area (Å²) in [5.41, 5.74) is 8.82. The van der Waals surface area contributed by atoms with Crippen LogP contribution in [0.15, 0.2) is 76.8 Å². The summed E-state index contributed by atoms with van der Waals surface area (Å²) in [6.07, 6.45) is 3.93. The minimum Gasteiger partial charge on any atom is -0.469 e. The maximum atomic E-state index is 13.3. The standard InChI is InChI=1S/C24H22FN3O4S/c1-32-23(29)10-12-28-22-9-8-19(33(30,31)18-6-4-17(25)5-7-18)14-20(22)21(24(28)26)13-16-3-2-11-27-15-16/h2-9,11,14-15H,10,12-13,26H2,1H3. The van der Waals surface area contributed by atoms with Gasteiger partial charge in [0, 0.05) is 36.3 Å². The third kappa shape index (κ3) is 4.45. The molecule has 2 aromatic carbocycles. The van der Waals surface area contributed by atoms with Crippen molar-refractivity contribution in [2.75, 3.05) is 12.8 Å². The van der Waals surface area contributed by atoms with Crippen molar-refractivity contribution in [3.05, 3.63) is 83.9 Å². The number of rotatable bonds is 7. The summed E-state index contributed by atoms with van der Waals surface area (Å²) in [5.74, 6) is -0.451. The molecule has 4 rings (SSSR count). The lowest BCUT2D eigenvalue weighted by Crippen LogP contribution is -2.09. The molecule has 9 heteroatoms. The van der Waals surface area contributed by atoms with Crippen LogP contribution in [0.2, 0.25) is 0 Å². The Morgan fingerprint density at radius 2 is 1.85 bits per heavy atom. The third-order valence-corrected chi connectivity index (χ3v) is 7.26. The zero-order valence-electron chi connectivity index (χ0n) is 17.9. The minimum atomic E-state index is -3.87. The molecule has 0 aliphatic rings. The summed E-state index contributed by atoms with van der Waals surface area (Å²) in [6, 6.07) is 13.2. The number of fused-ring (bicyclic) bond motifs is 1. The van der Waals surface area contributed by atoms with E-state index in [1.54, 1.807) is 29.1 Å². The number of esters is 1. The first kappa shape index (κ1) is 22.5. The van der Waals surface area contributed by atoms with E-state index < -0.39 is 15.7 Å². The molecular formula is C24H22FN3O4S. The minimum absolute atomic E-state index is 0.00449. The number of ether oxygens (including phenoxy) is 1. The van der Waals surface area contributed by atoms with Crippen LogP contribution in [0, 0.1) is 5.82 Å². The van der Waals surface area contributed by atoms with Gasteiger partial charge in [-0.3, -0.25) is 9.78 Å². The van der Waals surface area contributed by atoms with Crippen LogP contribution in [0.3, 0.4) is 0 Å². The first-order valence-electron chi connectivity index (χ1n) is 10.2. The van der Waals surface area contributed by atoms with Gasteiger partial charge in [0.15, 0.2) is 0 Å². The predicted molar refractivity (Wildman–Crippen MR) is 122 cm³/mol. The van der Waals surface area contributed by atoms with E-state index in [2.05, 4.69) is 4.98 Å². The molecule has 0 unspecified atom stereocenters. The number of nitrogen functional groups attached to an aromatic ring is 1. The summed E-state index contributed by atoms with van der Waals surface area (Å²) in [4.78, 5) is 15.9. The number of carbonyl (C=O) groups excluding carboxylic acids is 1. The summed E-state index contributed by atoms with van der Waals surface area (Å²) < 4.78 is 46.2. The Kier molecular flexibility index (Phi) is 6.15. The topological polar surface area (TPSA) is 104 Å². The highest BCUT2D eigenvalue weighted by Crippen LogP contribution is 2.34. The second-order valence-corrected chi connectivity index (χ2v) is 9.47. The van der Waals surface area contributed by atoms with Crippen molar-refractivity contribution in [1.29, 1.82) is 0 Å². The van der Waals surface area contributed by atoms with Gasteiger partial charge in [-0.1, -0.05) is 6.07 Å². The van der Waals surface area contributed by atoms with Crippen molar-refractivity contribution in [2.45, 2.75) is 29.2 Å². The summed E-state index contributed by atoms with van der Waals surface area (Å²) >= 11 is 0. The fourth-order valence-electron chi connectivity index (χ4n) is 3.78. The molecule has 0 saturated carbocycles. The van der Waals surface area contributed by atoms with Crippen molar-refractivity contribution in [3.8, 4) is 0 Å². The van der Waals surface area contributed by atoms with Crippen molar-refractivity contribution < 1.29 is 22.3 Å². The molecule has 0 spiro atoms. The van der Waals surface area contributed by atoms with Crippen LogP contribution >= 0.6 is 0 Å². The lowest BCUT2D eigenvalue weighted by molar-refractivity contribution is -0.140. The SMILES string of the molecule is COC(=O)CCn1c(N)c(Cc2cccnc2)c2cc(S(=O)(=O)c3ccc(F)cc3)ccc21. The molecule has 0 aliphatic heterocycles. The Labute approximate surface area is 190 Å². The van der Waals surface area contributed by atoms with Crippen molar-refractivity contribution in [3.63, 3.8) is 0 Å². The third-order valence-electron chi connectivity index (χ3n) is 5.49. The molecule has 2 heterocycles. The summed E-state index contributed by atoms with van der Waals surface area (Å²) in [5, 5.41) is 0.657. The van der Waals surface area contributed by atoms with E-state index in [0.29, 0.717) is 23.1 Å². The van der Waals surface area contributed by atoms with E-state index in [1.807, 2.05) is 12.1 Å². The lowest BCUT2D eigenvalue weighted by Gasteiger charge is -2.08. The molecule has 0 saturated heterocycles. The smallest absolute Gasteiger partial charge is 0.307 e. The number of carbonyl (C=O) groups is 1. The molecule has 0 amide bonds. The first-order chi connectivity index (χ1) is 15.8. The predicted octanol–water partition coefficient (Wildman–Crippen LogP) is 3.74. The van der Waals surface area contributed by atoms with Crippen molar-refractivity contribution in [2.24, 2.45) is 0 Å². The van der Waals surface area contributed by atoms with Crippen LogP contribution in [-0.4, -0.2) is 31.0 Å². The second kappa shape index (κ2) is 9.03. The maximum absolute atomic E-state index is 13.3. The average Bonchev–Trinajstić information content (AvgIpc) is 3.08. The van der Waals surface area contributed by atoms with Crippen molar-refractivity contribution >= 4 is 32.5 Å². The van der Waals surface area contributed by atoms with Crippen LogP contribution in [0.4, 0.5) is 10.2 Å². The van der Waals surface area contributed by atoms with E-state index >= 15 is 0 Å². The second-order valence-electron chi connectivity index (χ2n) is 7.52. The summed E-state index contributed by atoms with van der Waals surface area (Å²) in [6.45, 7) is 0.284. The molecule has 170 valence electrons. The molecule has 2 N–H and O–H groups in total. The number of anilines is 1. The molecule has 7 nitrogen and oxygen atoms in total. The Balaban J connectivity index is 1.85. The van der Waals surface area contributed by atoms with E-state index in [9.17, 15) is 17.6 Å². The maximum Gasteiger partial charge on any atom is 0.307 e. The monoisotopic (exact) mass is 467 g/mol. The summed E-state index contributed by atoms with van der Waals surface area (Å²) in [7, 11) is -2.55. The number of sulfone groups is 1. The average molecular weight is 468 g/mol. The van der Waals surface area contributed by atoms with Crippen LogP contribution in [0.1, 0.15) is 17.5 Å². The number of aryl methyl sites for hydroxylation is 1. The zero-order chi connectivity index (χ0) is 23.6. The fourth-order valence-corrected chi connectivity index (χ4v) is 5.07. The van der Waals surface area contributed by atoms with Gasteiger partial charge in [-0.25, -0.2) is 12.8 Å². The number of hydrogen-bond donors (Lipinski definition) is 1. The van der Waals surface area contributed by atoms with E-state index in [1.165, 1.54) is 25.3 Å². The van der Waals surface area contributed by atoms with Crippen LogP contribution < -0.4 is 5.73 Å². The highest BCUT2D eigenvalue weighted by molar-refractivity contribution is 7.91. The number of pyridine rings is 1. The molecule has 4 aromatic rings. The molecule has 0 bridgehead atoms. The fraction of sp³-hybridized carbons (Fsp3) is 0.167. The van der Waals surface area contributed by atoms with Gasteiger partial charge in [0.25, 0.3) is 0 Å².